The molecule has 0 aliphatic rings. The Morgan fingerprint density at radius 1 is 1.35 bits per heavy atom. The number of carbonyl (C=O) groups excluding carboxylic acids is 1. The second-order valence-corrected chi connectivity index (χ2v) is 4.94. The van der Waals surface area contributed by atoms with Gasteiger partial charge in [0.2, 0.25) is 11.7 Å². The Kier molecular flexibility index (Phi) is 3.97. The number of esters is 1. The Hall–Kier alpha value is -2.04. The summed E-state index contributed by atoms with van der Waals surface area (Å²) in [7, 11) is 0. The van der Waals surface area contributed by atoms with Gasteiger partial charge in [-0.2, -0.15) is 0 Å². The van der Waals surface area contributed by atoms with Crippen LogP contribution in [0.3, 0.4) is 0 Å². The van der Waals surface area contributed by atoms with Gasteiger partial charge in [-0.1, -0.05) is 13.8 Å². The van der Waals surface area contributed by atoms with Crippen LogP contribution in [0.25, 0.3) is 11.5 Å². The van der Waals surface area contributed by atoms with Gasteiger partial charge in [-0.25, -0.2) is 9.78 Å². The van der Waals surface area contributed by atoms with Crippen LogP contribution in [0.4, 0.5) is 0 Å². The minimum absolute atomic E-state index is 0.0696. The minimum Gasteiger partial charge on any atom is -0.466 e. The molecule has 2 rings (SSSR count). The lowest BCUT2D eigenvalue weighted by molar-refractivity contribution is 0.0488. The van der Waals surface area contributed by atoms with E-state index in [9.17, 15) is 4.79 Å². The van der Waals surface area contributed by atoms with E-state index in [1.165, 1.54) is 0 Å². The van der Waals surface area contributed by atoms with E-state index >= 15 is 0 Å². The molecule has 108 valence electrons. The summed E-state index contributed by atoms with van der Waals surface area (Å²) in [4.78, 5) is 16.4. The highest BCUT2D eigenvalue weighted by atomic mass is 16.5. The number of oxazole rings is 1. The van der Waals surface area contributed by atoms with Crippen molar-refractivity contribution < 1.29 is 18.4 Å². The smallest absolute Gasteiger partial charge is 0.376 e. The predicted octanol–water partition coefficient (Wildman–Crippen LogP) is 3.85. The second-order valence-electron chi connectivity index (χ2n) is 4.94. The Labute approximate surface area is 117 Å². The largest absolute Gasteiger partial charge is 0.466 e. The molecule has 0 amide bonds. The van der Waals surface area contributed by atoms with Crippen molar-refractivity contribution >= 4 is 5.97 Å². The number of carbonyl (C=O) groups is 1. The number of aromatic nitrogens is 1. The molecule has 5 heteroatoms. The average molecular weight is 277 g/mol. The van der Waals surface area contributed by atoms with Gasteiger partial charge in [0, 0.05) is 0 Å². The van der Waals surface area contributed by atoms with Gasteiger partial charge in [-0.3, -0.25) is 0 Å². The molecule has 2 aromatic rings. The van der Waals surface area contributed by atoms with Crippen molar-refractivity contribution in [1.29, 1.82) is 0 Å². The van der Waals surface area contributed by atoms with Crippen molar-refractivity contribution in [3.05, 3.63) is 29.0 Å². The van der Waals surface area contributed by atoms with Crippen LogP contribution in [-0.2, 0) is 4.74 Å². The zero-order chi connectivity index (χ0) is 14.9. The summed E-state index contributed by atoms with van der Waals surface area (Å²) >= 11 is 0. The molecule has 0 fully saturated rings. The fraction of sp³-hybridized carbons (Fsp3) is 0.467. The third kappa shape index (κ3) is 2.61. The number of aryl methyl sites for hydroxylation is 2. The maximum atomic E-state index is 11.9. The zero-order valence-corrected chi connectivity index (χ0v) is 12.4. The first-order valence-electron chi connectivity index (χ1n) is 6.69. The van der Waals surface area contributed by atoms with E-state index in [-0.39, 0.29) is 11.7 Å². The maximum Gasteiger partial charge on any atom is 0.376 e. The van der Waals surface area contributed by atoms with Crippen molar-refractivity contribution in [1.82, 2.24) is 4.98 Å². The number of hydrogen-bond acceptors (Lipinski definition) is 5. The first kappa shape index (κ1) is 14.4. The standard InChI is InChI=1S/C15H19NO4/c1-6-18-15(17)13-12(8(2)3)16-14(20-13)11-7-9(4)19-10(11)5/h7-8H,6H2,1-5H3. The van der Waals surface area contributed by atoms with Gasteiger partial charge < -0.3 is 13.6 Å². The van der Waals surface area contributed by atoms with Crippen LogP contribution in [0.5, 0.6) is 0 Å². The monoisotopic (exact) mass is 277 g/mol. The molecule has 0 spiro atoms. The Morgan fingerprint density at radius 2 is 2.05 bits per heavy atom. The minimum atomic E-state index is -0.479. The molecule has 0 bridgehead atoms. The van der Waals surface area contributed by atoms with Gasteiger partial charge >= 0.3 is 5.97 Å². The van der Waals surface area contributed by atoms with Crippen molar-refractivity contribution in [3.63, 3.8) is 0 Å². The number of hydrogen-bond donors (Lipinski definition) is 0. The van der Waals surface area contributed by atoms with E-state index in [4.69, 9.17) is 13.6 Å². The topological polar surface area (TPSA) is 65.5 Å². The van der Waals surface area contributed by atoms with Gasteiger partial charge in [-0.15, -0.1) is 0 Å². The first-order chi connectivity index (χ1) is 9.43. The van der Waals surface area contributed by atoms with Crippen molar-refractivity contribution in [3.8, 4) is 11.5 Å². The van der Waals surface area contributed by atoms with E-state index < -0.39 is 5.97 Å². The van der Waals surface area contributed by atoms with E-state index in [0.29, 0.717) is 18.2 Å². The quantitative estimate of drug-likeness (QED) is 0.794. The molecule has 5 nitrogen and oxygen atoms in total. The third-order valence-corrected chi connectivity index (χ3v) is 2.93. The van der Waals surface area contributed by atoms with Crippen LogP contribution in [-0.4, -0.2) is 17.6 Å². The lowest BCUT2D eigenvalue weighted by Crippen LogP contribution is -2.07. The van der Waals surface area contributed by atoms with Crippen LogP contribution in [0.15, 0.2) is 14.9 Å². The Bertz CT molecular complexity index is 622. The highest BCUT2D eigenvalue weighted by molar-refractivity contribution is 5.88. The summed E-state index contributed by atoms with van der Waals surface area (Å²) in [6, 6.07) is 1.85. The molecular formula is C15H19NO4. The number of ether oxygens (including phenoxy) is 1. The normalized spacial score (nSPS) is 11.1. The summed E-state index contributed by atoms with van der Waals surface area (Å²) in [5, 5.41) is 0. The van der Waals surface area contributed by atoms with E-state index in [1.807, 2.05) is 33.8 Å². The molecule has 2 heterocycles. The molecule has 0 aromatic carbocycles. The highest BCUT2D eigenvalue weighted by Gasteiger charge is 2.25. The van der Waals surface area contributed by atoms with Crippen LogP contribution >= 0.6 is 0 Å². The van der Waals surface area contributed by atoms with Gasteiger partial charge in [0.1, 0.15) is 11.5 Å². The lowest BCUT2D eigenvalue weighted by Gasteiger charge is -2.02. The number of nitrogens with zero attached hydrogens (tertiary/aromatic N) is 1. The number of rotatable bonds is 4. The van der Waals surface area contributed by atoms with E-state index in [1.54, 1.807) is 6.92 Å². The summed E-state index contributed by atoms with van der Waals surface area (Å²) in [5.74, 6) is 1.66. The molecule has 0 aliphatic carbocycles. The number of furan rings is 1. The molecule has 20 heavy (non-hydrogen) atoms. The predicted molar refractivity (Wildman–Crippen MR) is 73.7 cm³/mol. The summed E-state index contributed by atoms with van der Waals surface area (Å²) in [5.41, 5.74) is 1.37. The van der Waals surface area contributed by atoms with Crippen molar-refractivity contribution in [2.75, 3.05) is 6.61 Å². The molecule has 2 aromatic heterocycles. The van der Waals surface area contributed by atoms with E-state index in [0.717, 1.165) is 17.1 Å². The zero-order valence-electron chi connectivity index (χ0n) is 12.4. The van der Waals surface area contributed by atoms with E-state index in [2.05, 4.69) is 4.98 Å². The molecular weight excluding hydrogens is 258 g/mol. The van der Waals surface area contributed by atoms with Crippen LogP contribution in [0.1, 0.15) is 54.5 Å². The van der Waals surface area contributed by atoms with Crippen LogP contribution in [0.2, 0.25) is 0 Å². The van der Waals surface area contributed by atoms with Crippen LogP contribution < -0.4 is 0 Å². The summed E-state index contributed by atoms with van der Waals surface area (Å²) < 4.78 is 16.1. The highest BCUT2D eigenvalue weighted by Crippen LogP contribution is 2.30. The molecule has 0 saturated heterocycles. The molecule has 0 atom stereocenters. The van der Waals surface area contributed by atoms with Crippen molar-refractivity contribution in [2.45, 2.75) is 40.5 Å². The lowest BCUT2D eigenvalue weighted by atomic mass is 10.1. The van der Waals surface area contributed by atoms with Gasteiger partial charge in [-0.05, 0) is 32.8 Å². The Balaban J connectivity index is 2.49. The Morgan fingerprint density at radius 3 is 2.55 bits per heavy atom. The van der Waals surface area contributed by atoms with Gasteiger partial charge in [0.05, 0.1) is 17.9 Å². The van der Waals surface area contributed by atoms with Crippen LogP contribution in [0, 0.1) is 13.8 Å². The molecule has 0 saturated carbocycles. The molecule has 0 radical (unpaired) electrons. The molecule has 0 aliphatic heterocycles. The maximum absolute atomic E-state index is 11.9. The summed E-state index contributed by atoms with van der Waals surface area (Å²) in [6.45, 7) is 9.67. The van der Waals surface area contributed by atoms with Crippen molar-refractivity contribution in [2.24, 2.45) is 0 Å². The molecule has 0 N–H and O–H groups in total. The fourth-order valence-corrected chi connectivity index (χ4v) is 2.02. The first-order valence-corrected chi connectivity index (χ1v) is 6.69. The SMILES string of the molecule is CCOC(=O)c1oc(-c2cc(C)oc2C)nc1C(C)C. The van der Waals surface area contributed by atoms with Gasteiger partial charge in [0.15, 0.2) is 0 Å². The third-order valence-electron chi connectivity index (χ3n) is 2.93. The fourth-order valence-electron chi connectivity index (χ4n) is 2.02. The second kappa shape index (κ2) is 5.53. The average Bonchev–Trinajstić information content (AvgIpc) is 2.93. The summed E-state index contributed by atoms with van der Waals surface area (Å²) in [6.07, 6.45) is 0. The van der Waals surface area contributed by atoms with Gasteiger partial charge in [0.25, 0.3) is 0 Å². The molecule has 0 unspecified atom stereocenters.